The SMILES string of the molecule is C.CC.[V].[V].[c-]1cnn2c1nnc1ccccc12. The van der Waals surface area contributed by atoms with Crippen molar-refractivity contribution in [3.63, 3.8) is 0 Å². The number of aromatic nitrogens is 4. The maximum atomic E-state index is 4.11. The van der Waals surface area contributed by atoms with Gasteiger partial charge in [0.25, 0.3) is 0 Å². The van der Waals surface area contributed by atoms with Crippen LogP contribution in [0.15, 0.2) is 30.5 Å². The Labute approximate surface area is 131 Å². The average molecular weight is 317 g/mol. The van der Waals surface area contributed by atoms with Crippen molar-refractivity contribution in [2.45, 2.75) is 21.3 Å². The summed E-state index contributed by atoms with van der Waals surface area (Å²) in [5.41, 5.74) is 2.44. The number of nitrogens with zero attached hydrogens (tertiary/aromatic N) is 4. The number of rotatable bonds is 0. The Morgan fingerprint density at radius 2 is 1.72 bits per heavy atom. The van der Waals surface area contributed by atoms with E-state index < -0.39 is 0 Å². The Morgan fingerprint density at radius 1 is 1.06 bits per heavy atom. The van der Waals surface area contributed by atoms with E-state index in [9.17, 15) is 0 Å². The van der Waals surface area contributed by atoms with Crippen molar-refractivity contribution in [3.05, 3.63) is 36.5 Å². The van der Waals surface area contributed by atoms with Crippen molar-refractivity contribution in [1.29, 1.82) is 0 Å². The molecule has 0 aliphatic carbocycles. The molecule has 0 saturated carbocycles. The average Bonchev–Trinajstić information content (AvgIpc) is 2.80. The van der Waals surface area contributed by atoms with Gasteiger partial charge in [0.15, 0.2) is 0 Å². The van der Waals surface area contributed by atoms with E-state index in [2.05, 4.69) is 21.4 Å². The van der Waals surface area contributed by atoms with Gasteiger partial charge in [0.05, 0.1) is 5.52 Å². The second-order valence-electron chi connectivity index (χ2n) is 2.71. The van der Waals surface area contributed by atoms with Gasteiger partial charge >= 0.3 is 0 Å². The predicted octanol–water partition coefficient (Wildman–Crippen LogP) is 2.73. The van der Waals surface area contributed by atoms with Crippen LogP contribution in [0.25, 0.3) is 16.7 Å². The molecule has 4 nitrogen and oxygen atoms in total. The van der Waals surface area contributed by atoms with Gasteiger partial charge in [0.2, 0.25) is 0 Å². The van der Waals surface area contributed by atoms with E-state index in [1.807, 2.05) is 38.1 Å². The molecule has 18 heavy (non-hydrogen) atoms. The van der Waals surface area contributed by atoms with E-state index >= 15 is 0 Å². The molecule has 0 amide bonds. The Morgan fingerprint density at radius 3 is 2.44 bits per heavy atom. The topological polar surface area (TPSA) is 43.1 Å². The van der Waals surface area contributed by atoms with Crippen molar-refractivity contribution < 1.29 is 37.1 Å². The van der Waals surface area contributed by atoms with Gasteiger partial charge in [-0.3, -0.25) is 0 Å². The summed E-state index contributed by atoms with van der Waals surface area (Å²) in [5, 5.41) is 12.1. The molecular weight excluding hydrogens is 302 g/mol. The van der Waals surface area contributed by atoms with Gasteiger partial charge in [0.1, 0.15) is 5.52 Å². The molecule has 2 aromatic heterocycles. The van der Waals surface area contributed by atoms with E-state index in [1.54, 1.807) is 10.7 Å². The molecule has 2 radical (unpaired) electrons. The van der Waals surface area contributed by atoms with E-state index in [4.69, 9.17) is 0 Å². The summed E-state index contributed by atoms with van der Waals surface area (Å²) in [6.07, 6.45) is 1.59. The summed E-state index contributed by atoms with van der Waals surface area (Å²) < 4.78 is 1.72. The molecule has 0 fully saturated rings. The molecule has 0 saturated heterocycles. The summed E-state index contributed by atoms with van der Waals surface area (Å²) in [6.45, 7) is 4.00. The Balaban J connectivity index is 0. The van der Waals surface area contributed by atoms with Crippen LogP contribution in [-0.4, -0.2) is 19.8 Å². The molecule has 0 atom stereocenters. The van der Waals surface area contributed by atoms with E-state index in [0.29, 0.717) is 5.65 Å². The van der Waals surface area contributed by atoms with Gasteiger partial charge in [-0.15, -0.1) is 11.3 Å². The molecular formula is C12H15N4V2-. The molecule has 1 aromatic carbocycles. The van der Waals surface area contributed by atoms with E-state index in [1.165, 1.54) is 0 Å². The first-order chi connectivity index (χ1) is 7.45. The predicted molar refractivity (Wildman–Crippen MR) is 65.2 cm³/mol. The second-order valence-corrected chi connectivity index (χ2v) is 2.71. The first kappa shape index (κ1) is 19.5. The minimum absolute atomic E-state index is 0. The molecule has 6 heteroatoms. The number of hydrogen-bond acceptors (Lipinski definition) is 3. The van der Waals surface area contributed by atoms with Gasteiger partial charge in [0, 0.05) is 42.8 Å². The van der Waals surface area contributed by atoms with Crippen molar-refractivity contribution in [3.8, 4) is 0 Å². The van der Waals surface area contributed by atoms with Crippen LogP contribution >= 0.6 is 0 Å². The van der Waals surface area contributed by atoms with Crippen LogP contribution in [0.2, 0.25) is 0 Å². The monoisotopic (exact) mass is 317 g/mol. The summed E-state index contributed by atoms with van der Waals surface area (Å²) in [7, 11) is 0. The fourth-order valence-electron chi connectivity index (χ4n) is 1.34. The Bertz CT molecular complexity index is 580. The molecule has 0 spiro atoms. The maximum absolute atomic E-state index is 4.11. The third-order valence-corrected chi connectivity index (χ3v) is 1.93. The van der Waals surface area contributed by atoms with Crippen molar-refractivity contribution in [2.75, 3.05) is 0 Å². The fraction of sp³-hybridized carbons (Fsp3) is 0.250. The second kappa shape index (κ2) is 9.17. The van der Waals surface area contributed by atoms with E-state index in [-0.39, 0.29) is 44.5 Å². The van der Waals surface area contributed by atoms with Crippen LogP contribution in [0, 0.1) is 6.07 Å². The first-order valence-electron chi connectivity index (χ1n) is 4.92. The Hall–Kier alpha value is -0.801. The summed E-state index contributed by atoms with van der Waals surface area (Å²) in [4.78, 5) is 0. The zero-order valence-corrected chi connectivity index (χ0v) is 12.4. The van der Waals surface area contributed by atoms with Crippen LogP contribution in [0.1, 0.15) is 21.3 Å². The van der Waals surface area contributed by atoms with Gasteiger partial charge in [-0.25, -0.2) is 9.61 Å². The fourth-order valence-corrected chi connectivity index (χ4v) is 1.34. The van der Waals surface area contributed by atoms with Gasteiger partial charge in [-0.2, -0.15) is 5.10 Å². The third kappa shape index (κ3) is 3.59. The minimum Gasteiger partial charge on any atom is -0.402 e. The van der Waals surface area contributed by atoms with Gasteiger partial charge in [-0.05, 0) is 12.1 Å². The quantitative estimate of drug-likeness (QED) is 0.599. The zero-order chi connectivity index (χ0) is 10.7. The molecule has 3 aromatic rings. The summed E-state index contributed by atoms with van der Waals surface area (Å²) in [6, 6.07) is 10.6. The summed E-state index contributed by atoms with van der Waals surface area (Å²) in [5.74, 6) is 0. The molecule has 0 N–H and O–H groups in total. The standard InChI is InChI=1S/C9H5N4.C2H6.CH4.2V/c1-2-4-8-7(3-1)11-12-9-5-6-10-13(8)9;1-2;;;/h1-4,6H;1-2H3;1H4;;/q-1;;;;. The van der Waals surface area contributed by atoms with Crippen molar-refractivity contribution in [1.82, 2.24) is 19.8 Å². The van der Waals surface area contributed by atoms with Crippen LogP contribution in [0.4, 0.5) is 0 Å². The third-order valence-electron chi connectivity index (χ3n) is 1.93. The van der Waals surface area contributed by atoms with Crippen LogP contribution in [0.3, 0.4) is 0 Å². The van der Waals surface area contributed by atoms with E-state index in [0.717, 1.165) is 11.0 Å². The zero-order valence-electron chi connectivity index (χ0n) is 9.57. The van der Waals surface area contributed by atoms with Gasteiger partial charge < -0.3 is 6.07 Å². The Kier molecular flexibility index (Phi) is 9.95. The largest absolute Gasteiger partial charge is 0.402 e. The van der Waals surface area contributed by atoms with Crippen LogP contribution < -0.4 is 0 Å². The molecule has 0 unspecified atom stereocenters. The first-order valence-corrected chi connectivity index (χ1v) is 4.92. The smallest absolute Gasteiger partial charge is 0.111 e. The van der Waals surface area contributed by atoms with Gasteiger partial charge in [-0.1, -0.05) is 33.4 Å². The number of para-hydroxylation sites is 1. The minimum atomic E-state index is 0. The van der Waals surface area contributed by atoms with Crippen LogP contribution in [0.5, 0.6) is 0 Å². The van der Waals surface area contributed by atoms with Crippen molar-refractivity contribution >= 4 is 16.7 Å². The molecule has 0 aliphatic rings. The molecule has 3 rings (SSSR count). The molecule has 0 aliphatic heterocycles. The molecule has 2 heterocycles. The number of benzene rings is 1. The molecule has 94 valence electrons. The van der Waals surface area contributed by atoms with Crippen molar-refractivity contribution in [2.24, 2.45) is 0 Å². The molecule has 0 bridgehead atoms. The normalized spacial score (nSPS) is 8.33. The van der Waals surface area contributed by atoms with Crippen LogP contribution in [-0.2, 0) is 37.1 Å². The summed E-state index contributed by atoms with van der Waals surface area (Å²) >= 11 is 0. The number of fused-ring (bicyclic) bond motifs is 3. The maximum Gasteiger partial charge on any atom is 0.111 e. The number of hydrogen-bond donors (Lipinski definition) is 0.